The van der Waals surface area contributed by atoms with Crippen LogP contribution in [0.3, 0.4) is 0 Å². The maximum atomic E-state index is 6.07. The first-order chi connectivity index (χ1) is 4.08. The Morgan fingerprint density at radius 3 is 2.33 bits per heavy atom. The van der Waals surface area contributed by atoms with E-state index < -0.39 is 0 Å². The maximum Gasteiger partial charge on any atom is 0.0449 e. The third kappa shape index (κ3) is 1.10. The molecule has 9 heavy (non-hydrogen) atoms. The molecule has 0 saturated heterocycles. The zero-order valence-electron chi connectivity index (χ0n) is 6.37. The fourth-order valence-corrected chi connectivity index (χ4v) is 1.80. The van der Waals surface area contributed by atoms with Crippen LogP contribution in [0, 0.1) is 11.3 Å². The Hall–Kier alpha value is 0.290. The summed E-state index contributed by atoms with van der Waals surface area (Å²) in [5.41, 5.74) is 0.382. The summed E-state index contributed by atoms with van der Waals surface area (Å²) in [7, 11) is 0. The van der Waals surface area contributed by atoms with Crippen LogP contribution in [0.4, 0.5) is 0 Å². The molecule has 1 saturated carbocycles. The third-order valence-electron chi connectivity index (χ3n) is 2.18. The van der Waals surface area contributed by atoms with Gasteiger partial charge in [-0.05, 0) is 24.2 Å². The molecule has 53 valence electrons. The van der Waals surface area contributed by atoms with E-state index in [0.29, 0.717) is 10.8 Å². The summed E-state index contributed by atoms with van der Waals surface area (Å²) >= 11 is 6.07. The van der Waals surface area contributed by atoms with E-state index in [-0.39, 0.29) is 0 Å². The number of rotatable bonds is 1. The van der Waals surface area contributed by atoms with Gasteiger partial charge in [-0.2, -0.15) is 0 Å². The lowest BCUT2D eigenvalue weighted by Gasteiger charge is -2.47. The van der Waals surface area contributed by atoms with Gasteiger partial charge in [-0.15, -0.1) is 11.6 Å². The molecule has 1 aliphatic carbocycles. The predicted molar refractivity (Wildman–Crippen MR) is 41.6 cm³/mol. The Bertz CT molecular complexity index is 107. The zero-order chi connectivity index (χ0) is 7.07. The van der Waals surface area contributed by atoms with Crippen molar-refractivity contribution in [3.8, 4) is 0 Å². The number of alkyl halides is 1. The highest BCUT2D eigenvalue weighted by atomic mass is 35.5. The number of hydrogen-bond acceptors (Lipinski definition) is 0. The van der Waals surface area contributed by atoms with Gasteiger partial charge < -0.3 is 0 Å². The summed E-state index contributed by atoms with van der Waals surface area (Å²) in [5, 5.41) is 0.350. The second kappa shape index (κ2) is 2.16. The quantitative estimate of drug-likeness (QED) is 0.498. The van der Waals surface area contributed by atoms with Gasteiger partial charge in [0, 0.05) is 5.38 Å². The Labute approximate surface area is 62.6 Å². The minimum absolute atomic E-state index is 0.350. The second-order valence-electron chi connectivity index (χ2n) is 3.54. The highest BCUT2D eigenvalue weighted by molar-refractivity contribution is 6.23. The van der Waals surface area contributed by atoms with Crippen molar-refractivity contribution in [1.29, 1.82) is 0 Å². The van der Waals surface area contributed by atoms with Crippen LogP contribution >= 0.6 is 11.6 Å². The zero-order valence-corrected chi connectivity index (χ0v) is 7.13. The average molecular weight is 146 g/mol. The van der Waals surface area contributed by atoms with Gasteiger partial charge in [-0.1, -0.05) is 20.8 Å². The summed E-state index contributed by atoms with van der Waals surface area (Å²) in [6.07, 6.45) is 2.40. The summed E-state index contributed by atoms with van der Waals surface area (Å²) in [6.45, 7) is 6.63. The standard InChI is InChI=1S/C8H14Cl/c1-4-6-5-8(2,3)7(6)9/h7H,4-5H2,1-3H3. The molecule has 0 spiro atoms. The van der Waals surface area contributed by atoms with Gasteiger partial charge in [0.05, 0.1) is 0 Å². The topological polar surface area (TPSA) is 0 Å². The molecule has 1 aliphatic rings. The first kappa shape index (κ1) is 7.40. The molecule has 0 aromatic carbocycles. The Kier molecular flexibility index (Phi) is 1.77. The summed E-state index contributed by atoms with van der Waals surface area (Å²) < 4.78 is 0. The van der Waals surface area contributed by atoms with Crippen molar-refractivity contribution < 1.29 is 0 Å². The molecule has 0 heterocycles. The molecule has 0 aromatic heterocycles. The van der Waals surface area contributed by atoms with Gasteiger partial charge in [0.1, 0.15) is 0 Å². The fourth-order valence-electron chi connectivity index (χ4n) is 1.49. The van der Waals surface area contributed by atoms with Crippen LogP contribution in [-0.2, 0) is 0 Å². The summed E-state index contributed by atoms with van der Waals surface area (Å²) in [5.74, 6) is 1.53. The number of halogens is 1. The van der Waals surface area contributed by atoms with Crippen LogP contribution in [0.1, 0.15) is 33.6 Å². The van der Waals surface area contributed by atoms with Gasteiger partial charge in [0.15, 0.2) is 0 Å². The van der Waals surface area contributed by atoms with E-state index in [1.165, 1.54) is 12.3 Å². The lowest BCUT2D eigenvalue weighted by Crippen LogP contribution is -2.43. The largest absolute Gasteiger partial charge is 0.122 e. The molecule has 1 heteroatoms. The lowest BCUT2D eigenvalue weighted by atomic mass is 9.63. The summed E-state index contributed by atoms with van der Waals surface area (Å²) in [6, 6.07) is 0. The number of hydrogen-bond donors (Lipinski definition) is 0. The molecule has 0 N–H and O–H groups in total. The molecule has 0 nitrogen and oxygen atoms in total. The van der Waals surface area contributed by atoms with Crippen LogP contribution in [0.2, 0.25) is 0 Å². The Morgan fingerprint density at radius 1 is 1.67 bits per heavy atom. The van der Waals surface area contributed by atoms with Crippen molar-refractivity contribution >= 4 is 11.6 Å². The molecular weight excluding hydrogens is 132 g/mol. The minimum atomic E-state index is 0.350. The smallest absolute Gasteiger partial charge is 0.0449 e. The highest BCUT2D eigenvalue weighted by Gasteiger charge is 2.45. The molecule has 1 radical (unpaired) electrons. The molecule has 1 rings (SSSR count). The first-order valence-corrected chi connectivity index (χ1v) is 4.00. The van der Waals surface area contributed by atoms with E-state index in [4.69, 9.17) is 11.6 Å². The van der Waals surface area contributed by atoms with Gasteiger partial charge in [0.2, 0.25) is 0 Å². The summed E-state index contributed by atoms with van der Waals surface area (Å²) in [4.78, 5) is 0. The highest BCUT2D eigenvalue weighted by Crippen LogP contribution is 2.51. The van der Waals surface area contributed by atoms with E-state index in [1.54, 1.807) is 0 Å². The van der Waals surface area contributed by atoms with Gasteiger partial charge in [-0.25, -0.2) is 0 Å². The maximum absolute atomic E-state index is 6.07. The minimum Gasteiger partial charge on any atom is -0.122 e. The Morgan fingerprint density at radius 2 is 2.22 bits per heavy atom. The van der Waals surface area contributed by atoms with Crippen molar-refractivity contribution in [2.24, 2.45) is 5.41 Å². The van der Waals surface area contributed by atoms with E-state index in [9.17, 15) is 0 Å². The van der Waals surface area contributed by atoms with Crippen LogP contribution < -0.4 is 0 Å². The molecule has 1 unspecified atom stereocenters. The molecule has 0 aliphatic heterocycles. The molecule has 1 fully saturated rings. The SMILES string of the molecule is CC[C]1CC(C)(C)C1Cl. The van der Waals surface area contributed by atoms with Crippen molar-refractivity contribution in [3.63, 3.8) is 0 Å². The van der Waals surface area contributed by atoms with Crippen molar-refractivity contribution in [3.05, 3.63) is 5.92 Å². The van der Waals surface area contributed by atoms with Crippen molar-refractivity contribution in [2.45, 2.75) is 39.0 Å². The predicted octanol–water partition coefficient (Wildman–Crippen LogP) is 3.01. The molecular formula is C8H14Cl. The first-order valence-electron chi connectivity index (χ1n) is 3.56. The van der Waals surface area contributed by atoms with E-state index in [2.05, 4.69) is 20.8 Å². The van der Waals surface area contributed by atoms with Crippen molar-refractivity contribution in [2.75, 3.05) is 0 Å². The Balaban J connectivity index is 2.41. The van der Waals surface area contributed by atoms with E-state index >= 15 is 0 Å². The van der Waals surface area contributed by atoms with Gasteiger partial charge in [0.25, 0.3) is 0 Å². The van der Waals surface area contributed by atoms with Crippen LogP contribution in [0.25, 0.3) is 0 Å². The third-order valence-corrected chi connectivity index (χ3v) is 3.08. The monoisotopic (exact) mass is 145 g/mol. The van der Waals surface area contributed by atoms with Crippen molar-refractivity contribution in [1.82, 2.24) is 0 Å². The van der Waals surface area contributed by atoms with Crippen LogP contribution in [0.5, 0.6) is 0 Å². The lowest BCUT2D eigenvalue weighted by molar-refractivity contribution is 0.224. The molecule has 0 aromatic rings. The second-order valence-corrected chi connectivity index (χ2v) is 3.98. The molecule has 0 amide bonds. The van der Waals surface area contributed by atoms with Gasteiger partial charge in [-0.3, -0.25) is 0 Å². The van der Waals surface area contributed by atoms with Crippen LogP contribution in [0.15, 0.2) is 0 Å². The normalized spacial score (nSPS) is 34.0. The van der Waals surface area contributed by atoms with Crippen LogP contribution in [-0.4, -0.2) is 5.38 Å². The van der Waals surface area contributed by atoms with E-state index in [1.807, 2.05) is 0 Å². The van der Waals surface area contributed by atoms with Gasteiger partial charge >= 0.3 is 0 Å². The average Bonchev–Trinajstić information content (AvgIpc) is 1.82. The molecule has 0 bridgehead atoms. The van der Waals surface area contributed by atoms with E-state index in [0.717, 1.165) is 6.42 Å². The fraction of sp³-hybridized carbons (Fsp3) is 0.875. The molecule has 1 atom stereocenters.